The third-order valence-electron chi connectivity index (χ3n) is 1.74. The summed E-state index contributed by atoms with van der Waals surface area (Å²) in [5, 5.41) is 9.80. The van der Waals surface area contributed by atoms with Crippen LogP contribution in [0.5, 0.6) is 0 Å². The van der Waals surface area contributed by atoms with Crippen LogP contribution in [0, 0.1) is 3.01 Å². The molecule has 14 heavy (non-hydrogen) atoms. The highest BCUT2D eigenvalue weighted by Gasteiger charge is 2.05. The highest BCUT2D eigenvalue weighted by molar-refractivity contribution is 14.1. The molecule has 1 heterocycles. The van der Waals surface area contributed by atoms with Crippen LogP contribution in [0.3, 0.4) is 0 Å². The first-order valence-electron chi connectivity index (χ1n) is 3.97. The molecule has 0 fully saturated rings. The van der Waals surface area contributed by atoms with Gasteiger partial charge in [0.15, 0.2) is 3.01 Å². The van der Waals surface area contributed by atoms with Crippen LogP contribution in [0.25, 0.3) is 0 Å². The van der Waals surface area contributed by atoms with E-state index in [9.17, 15) is 0 Å². The van der Waals surface area contributed by atoms with Crippen molar-refractivity contribution in [3.63, 3.8) is 0 Å². The highest BCUT2D eigenvalue weighted by Crippen LogP contribution is 2.21. The molecule has 0 bridgehead atoms. The average molecular weight is 337 g/mol. The minimum Gasteiger partial charge on any atom is -0.142 e. The van der Waals surface area contributed by atoms with Crippen LogP contribution in [-0.2, 0) is 6.42 Å². The van der Waals surface area contributed by atoms with Gasteiger partial charge in [-0.05, 0) is 34.2 Å². The SMILES string of the molecule is Clc1ccccc1Cc1nnc(I)s1. The molecule has 0 aliphatic rings. The zero-order chi connectivity index (χ0) is 9.97. The third kappa shape index (κ3) is 2.43. The van der Waals surface area contributed by atoms with Crippen LogP contribution in [0.1, 0.15) is 10.6 Å². The Balaban J connectivity index is 2.23. The standard InChI is InChI=1S/C9H6ClIN2S/c10-7-4-2-1-3-6(7)5-8-12-13-9(11)14-8/h1-4H,5H2. The monoisotopic (exact) mass is 336 g/mol. The molecule has 0 aliphatic heterocycles. The maximum atomic E-state index is 6.04. The Labute approximate surface area is 104 Å². The summed E-state index contributed by atoms with van der Waals surface area (Å²) < 4.78 is 0.963. The fourth-order valence-corrected chi connectivity index (χ4v) is 2.77. The van der Waals surface area contributed by atoms with Crippen molar-refractivity contribution in [2.24, 2.45) is 0 Å². The molecule has 0 radical (unpaired) electrons. The first kappa shape index (κ1) is 10.3. The zero-order valence-corrected chi connectivity index (χ0v) is 10.8. The molecule has 0 N–H and O–H groups in total. The van der Waals surface area contributed by atoms with Crippen molar-refractivity contribution in [2.45, 2.75) is 6.42 Å². The van der Waals surface area contributed by atoms with E-state index in [0.717, 1.165) is 25.0 Å². The maximum absolute atomic E-state index is 6.04. The lowest BCUT2D eigenvalue weighted by Gasteiger charge is -1.99. The van der Waals surface area contributed by atoms with Gasteiger partial charge in [0.2, 0.25) is 0 Å². The van der Waals surface area contributed by atoms with Gasteiger partial charge in [0.25, 0.3) is 0 Å². The van der Waals surface area contributed by atoms with E-state index in [1.165, 1.54) is 0 Å². The summed E-state index contributed by atoms with van der Waals surface area (Å²) in [6, 6.07) is 7.81. The third-order valence-corrected chi connectivity index (χ3v) is 3.70. The molecule has 0 saturated carbocycles. The van der Waals surface area contributed by atoms with E-state index in [1.54, 1.807) is 11.3 Å². The van der Waals surface area contributed by atoms with Crippen molar-refractivity contribution in [3.8, 4) is 0 Å². The van der Waals surface area contributed by atoms with Gasteiger partial charge in [-0.2, -0.15) is 0 Å². The highest BCUT2D eigenvalue weighted by atomic mass is 127. The minimum atomic E-state index is 0.764. The number of benzene rings is 1. The summed E-state index contributed by atoms with van der Waals surface area (Å²) in [5.41, 5.74) is 1.10. The van der Waals surface area contributed by atoms with Crippen LogP contribution in [0.4, 0.5) is 0 Å². The Kier molecular flexibility index (Phi) is 3.35. The van der Waals surface area contributed by atoms with Gasteiger partial charge in [-0.25, -0.2) is 0 Å². The van der Waals surface area contributed by atoms with Crippen molar-refractivity contribution in [3.05, 3.63) is 42.9 Å². The van der Waals surface area contributed by atoms with Crippen molar-refractivity contribution in [2.75, 3.05) is 0 Å². The van der Waals surface area contributed by atoms with E-state index in [0.29, 0.717) is 0 Å². The number of rotatable bonds is 2. The van der Waals surface area contributed by atoms with Gasteiger partial charge >= 0.3 is 0 Å². The number of nitrogens with zero attached hydrogens (tertiary/aromatic N) is 2. The van der Waals surface area contributed by atoms with Gasteiger partial charge in [0, 0.05) is 11.4 Å². The predicted octanol–water partition coefficient (Wildman–Crippen LogP) is 3.39. The molecule has 0 amide bonds. The molecule has 0 saturated heterocycles. The van der Waals surface area contributed by atoms with Gasteiger partial charge in [-0.3, -0.25) is 0 Å². The van der Waals surface area contributed by atoms with Gasteiger partial charge in [-0.1, -0.05) is 41.1 Å². The number of hydrogen-bond donors (Lipinski definition) is 0. The van der Waals surface area contributed by atoms with Gasteiger partial charge in [0.1, 0.15) is 5.01 Å². The second kappa shape index (κ2) is 4.55. The Morgan fingerprint density at radius 1 is 1.29 bits per heavy atom. The molecule has 0 aliphatic carbocycles. The van der Waals surface area contributed by atoms with E-state index in [4.69, 9.17) is 11.6 Å². The second-order valence-electron chi connectivity index (χ2n) is 2.72. The summed E-state index contributed by atoms with van der Waals surface area (Å²) in [5.74, 6) is 0. The van der Waals surface area contributed by atoms with Crippen LogP contribution < -0.4 is 0 Å². The fraction of sp³-hybridized carbons (Fsp3) is 0.111. The lowest BCUT2D eigenvalue weighted by Crippen LogP contribution is -1.87. The Hall–Kier alpha value is -0.200. The lowest BCUT2D eigenvalue weighted by atomic mass is 10.2. The predicted molar refractivity (Wildman–Crippen MR) is 66.9 cm³/mol. The molecule has 0 atom stereocenters. The smallest absolute Gasteiger partial charge is 0.142 e. The molecule has 0 unspecified atom stereocenters. The molecule has 1 aromatic heterocycles. The Morgan fingerprint density at radius 3 is 2.71 bits per heavy atom. The molecule has 2 aromatic rings. The molecule has 0 spiro atoms. The van der Waals surface area contributed by atoms with Crippen molar-refractivity contribution in [1.29, 1.82) is 0 Å². The van der Waals surface area contributed by atoms with E-state index in [-0.39, 0.29) is 0 Å². The van der Waals surface area contributed by atoms with E-state index in [1.807, 2.05) is 24.3 Å². The van der Waals surface area contributed by atoms with Crippen molar-refractivity contribution < 1.29 is 0 Å². The molecule has 2 nitrogen and oxygen atoms in total. The van der Waals surface area contributed by atoms with Crippen LogP contribution in [0.15, 0.2) is 24.3 Å². The first-order valence-corrected chi connectivity index (χ1v) is 6.24. The van der Waals surface area contributed by atoms with Crippen LogP contribution in [0.2, 0.25) is 5.02 Å². The maximum Gasteiger partial charge on any atom is 0.178 e. The van der Waals surface area contributed by atoms with Gasteiger partial charge < -0.3 is 0 Å². The van der Waals surface area contributed by atoms with E-state index < -0.39 is 0 Å². The van der Waals surface area contributed by atoms with E-state index in [2.05, 4.69) is 32.8 Å². The summed E-state index contributed by atoms with van der Waals surface area (Å²) >= 11 is 9.80. The first-order chi connectivity index (χ1) is 6.75. The summed E-state index contributed by atoms with van der Waals surface area (Å²) in [6.45, 7) is 0. The summed E-state index contributed by atoms with van der Waals surface area (Å²) in [4.78, 5) is 0. The molecule has 2 rings (SSSR count). The number of aromatic nitrogens is 2. The van der Waals surface area contributed by atoms with Crippen molar-refractivity contribution in [1.82, 2.24) is 10.2 Å². The molecule has 5 heteroatoms. The fourth-order valence-electron chi connectivity index (χ4n) is 1.11. The zero-order valence-electron chi connectivity index (χ0n) is 7.08. The molecular formula is C9H6ClIN2S. The Morgan fingerprint density at radius 2 is 2.07 bits per heavy atom. The number of hydrogen-bond acceptors (Lipinski definition) is 3. The van der Waals surface area contributed by atoms with Crippen LogP contribution in [-0.4, -0.2) is 10.2 Å². The lowest BCUT2D eigenvalue weighted by molar-refractivity contribution is 0.991. The summed E-state index contributed by atoms with van der Waals surface area (Å²) in [7, 11) is 0. The minimum absolute atomic E-state index is 0.764. The van der Waals surface area contributed by atoms with Gasteiger partial charge in [-0.15, -0.1) is 10.2 Å². The summed E-state index contributed by atoms with van der Waals surface area (Å²) in [6.07, 6.45) is 0.764. The topological polar surface area (TPSA) is 25.8 Å². The molecular weight excluding hydrogens is 331 g/mol. The largest absolute Gasteiger partial charge is 0.178 e. The van der Waals surface area contributed by atoms with E-state index >= 15 is 0 Å². The van der Waals surface area contributed by atoms with Crippen molar-refractivity contribution >= 4 is 45.5 Å². The van der Waals surface area contributed by atoms with Crippen LogP contribution >= 0.6 is 45.5 Å². The molecule has 1 aromatic carbocycles. The quantitative estimate of drug-likeness (QED) is 0.786. The number of halogens is 2. The molecule has 72 valence electrons. The average Bonchev–Trinajstić information content (AvgIpc) is 2.56. The Bertz CT molecular complexity index is 444. The normalized spacial score (nSPS) is 10.4. The van der Waals surface area contributed by atoms with Gasteiger partial charge in [0.05, 0.1) is 0 Å². The second-order valence-corrected chi connectivity index (χ2v) is 5.94.